The molecule has 2 aliphatic carbocycles. The van der Waals surface area contributed by atoms with Crippen LogP contribution in [0.2, 0.25) is 0 Å². The molecule has 2 fully saturated rings. The quantitative estimate of drug-likeness (QED) is 0.570. The number of rotatable bonds is 8. The minimum absolute atomic E-state index is 0.269. The van der Waals surface area contributed by atoms with Gasteiger partial charge in [0.1, 0.15) is 6.54 Å². The lowest BCUT2D eigenvalue weighted by atomic mass is 9.94. The fourth-order valence-electron chi connectivity index (χ4n) is 5.19. The zero-order valence-electron chi connectivity index (χ0n) is 21.2. The smallest absolute Gasteiger partial charge is 0.418 e. The Balaban J connectivity index is 1.32. The molecule has 0 aromatic heterocycles. The molecule has 9 nitrogen and oxygen atoms in total. The summed E-state index contributed by atoms with van der Waals surface area (Å²) < 4.78 is 5.70. The van der Waals surface area contributed by atoms with E-state index in [0.29, 0.717) is 43.1 Å². The maximum atomic E-state index is 13.6. The maximum absolute atomic E-state index is 13.6. The molecule has 37 heavy (non-hydrogen) atoms. The van der Waals surface area contributed by atoms with Gasteiger partial charge in [-0.15, -0.1) is 0 Å². The summed E-state index contributed by atoms with van der Waals surface area (Å²) in [7, 11) is 1.53. The summed E-state index contributed by atoms with van der Waals surface area (Å²) in [6.45, 7) is 2.69. The number of amides is 5. The Kier molecular flexibility index (Phi) is 6.62. The van der Waals surface area contributed by atoms with Gasteiger partial charge in [0.15, 0.2) is 0 Å². The molecule has 1 unspecified atom stereocenters. The zero-order valence-corrected chi connectivity index (χ0v) is 21.2. The highest BCUT2D eigenvalue weighted by molar-refractivity contribution is 6.06. The second kappa shape index (κ2) is 9.88. The Labute approximate surface area is 216 Å². The molecule has 2 aromatic carbocycles. The van der Waals surface area contributed by atoms with Crippen molar-refractivity contribution in [1.82, 2.24) is 15.1 Å². The van der Waals surface area contributed by atoms with Crippen LogP contribution in [-0.4, -0.2) is 53.9 Å². The van der Waals surface area contributed by atoms with Gasteiger partial charge in [-0.25, -0.2) is 14.5 Å². The average molecular weight is 505 g/mol. The summed E-state index contributed by atoms with van der Waals surface area (Å²) >= 11 is 0. The molecule has 1 saturated heterocycles. The number of anilines is 1. The first kappa shape index (κ1) is 24.8. The topological polar surface area (TPSA) is 108 Å². The second-order valence-electron chi connectivity index (χ2n) is 10.1. The molecule has 1 atom stereocenters. The summed E-state index contributed by atoms with van der Waals surface area (Å²) in [4.78, 5) is 54.3. The van der Waals surface area contributed by atoms with Crippen molar-refractivity contribution in [1.29, 1.82) is 0 Å². The first-order valence-corrected chi connectivity index (χ1v) is 12.8. The van der Waals surface area contributed by atoms with Crippen molar-refractivity contribution in [3.8, 4) is 0 Å². The van der Waals surface area contributed by atoms with Crippen LogP contribution in [0, 0.1) is 12.8 Å². The van der Waals surface area contributed by atoms with Gasteiger partial charge in [-0.1, -0.05) is 43.2 Å². The molecular formula is C28H32N4O5. The van der Waals surface area contributed by atoms with Crippen molar-refractivity contribution in [2.24, 2.45) is 5.92 Å². The third-order valence-electron chi connectivity index (χ3n) is 7.62. The average Bonchev–Trinajstić information content (AvgIpc) is 3.61. The van der Waals surface area contributed by atoms with E-state index < -0.39 is 17.6 Å². The molecule has 9 heteroatoms. The summed E-state index contributed by atoms with van der Waals surface area (Å²) in [6.07, 6.45) is 3.31. The van der Waals surface area contributed by atoms with Crippen LogP contribution in [0.5, 0.6) is 0 Å². The van der Waals surface area contributed by atoms with Crippen LogP contribution >= 0.6 is 0 Å². The number of urea groups is 1. The van der Waals surface area contributed by atoms with Crippen LogP contribution in [0.25, 0.3) is 0 Å². The molecule has 194 valence electrons. The monoisotopic (exact) mass is 504 g/mol. The van der Waals surface area contributed by atoms with Gasteiger partial charge in [0.25, 0.3) is 5.91 Å². The number of carbonyl (C=O) groups is 4. The van der Waals surface area contributed by atoms with Crippen molar-refractivity contribution in [3.63, 3.8) is 0 Å². The third-order valence-corrected chi connectivity index (χ3v) is 7.62. The molecule has 1 heterocycles. The van der Waals surface area contributed by atoms with Crippen LogP contribution < -0.4 is 10.6 Å². The minimum Gasteiger partial charge on any atom is -0.427 e. The molecule has 0 bridgehead atoms. The van der Waals surface area contributed by atoms with E-state index in [1.54, 1.807) is 23.1 Å². The van der Waals surface area contributed by atoms with Gasteiger partial charge < -0.3 is 20.3 Å². The van der Waals surface area contributed by atoms with E-state index in [9.17, 15) is 19.2 Å². The van der Waals surface area contributed by atoms with E-state index >= 15 is 0 Å². The molecule has 1 aliphatic heterocycles. The van der Waals surface area contributed by atoms with Crippen LogP contribution in [0.15, 0.2) is 42.5 Å². The summed E-state index contributed by atoms with van der Waals surface area (Å²) in [5.74, 6) is -0.129. The largest absolute Gasteiger partial charge is 0.427 e. The van der Waals surface area contributed by atoms with Gasteiger partial charge in [-0.3, -0.25) is 9.59 Å². The summed E-state index contributed by atoms with van der Waals surface area (Å²) in [5, 5.41) is 5.21. The van der Waals surface area contributed by atoms with E-state index in [2.05, 4.69) is 10.6 Å². The first-order chi connectivity index (χ1) is 17.8. The molecule has 0 radical (unpaired) electrons. The van der Waals surface area contributed by atoms with E-state index in [4.69, 9.17) is 4.74 Å². The maximum Gasteiger partial charge on any atom is 0.418 e. The lowest BCUT2D eigenvalue weighted by Gasteiger charge is -2.25. The van der Waals surface area contributed by atoms with Crippen molar-refractivity contribution < 1.29 is 23.9 Å². The van der Waals surface area contributed by atoms with E-state index in [-0.39, 0.29) is 18.5 Å². The number of hydrogen-bond acceptors (Lipinski definition) is 5. The highest BCUT2D eigenvalue weighted by Gasteiger charge is 2.58. The number of fused-ring (bicyclic) bond motifs is 2. The van der Waals surface area contributed by atoms with Crippen molar-refractivity contribution in [3.05, 3.63) is 64.7 Å². The first-order valence-electron chi connectivity index (χ1n) is 12.8. The number of nitrogens with zero attached hydrogens (tertiary/aromatic N) is 2. The third kappa shape index (κ3) is 4.90. The molecule has 1 saturated carbocycles. The molecular weight excluding hydrogens is 472 g/mol. The Bertz CT molecular complexity index is 1260. The Morgan fingerprint density at radius 1 is 1.16 bits per heavy atom. The number of ether oxygens (including phenoxy) is 1. The lowest BCUT2D eigenvalue weighted by Crippen LogP contribution is -2.44. The van der Waals surface area contributed by atoms with Crippen LogP contribution in [0.1, 0.15) is 47.9 Å². The highest BCUT2D eigenvalue weighted by atomic mass is 16.6. The van der Waals surface area contributed by atoms with Crippen molar-refractivity contribution in [2.75, 3.05) is 25.5 Å². The molecule has 2 aromatic rings. The number of carbonyl (C=O) groups excluding carboxylic acids is 4. The van der Waals surface area contributed by atoms with Gasteiger partial charge in [0.2, 0.25) is 11.5 Å². The fourth-order valence-corrected chi connectivity index (χ4v) is 5.19. The van der Waals surface area contributed by atoms with E-state index in [0.717, 1.165) is 28.0 Å². The number of aryl methyl sites for hydroxylation is 2. The highest BCUT2D eigenvalue weighted by Crippen LogP contribution is 2.46. The second-order valence-corrected chi connectivity index (χ2v) is 10.1. The molecule has 1 spiro atoms. The standard InChI is InChI=1S/C28H32N4O5/c1-18-5-3-4-6-21(18)16-31(14-12-19-7-8-19)24(33)17-32-25(34)28(37-27(32)36)13-11-20-15-22(9-10-23(20)28)30-26(35)29-2/h3-6,9-10,15,19H,7-8,11-14,16-17H2,1-2H3,(H2,29,30,35). The molecule has 3 aliphatic rings. The number of benzene rings is 2. The predicted octanol–water partition coefficient (Wildman–Crippen LogP) is 3.70. The number of imide groups is 1. The molecule has 2 N–H and O–H groups in total. The van der Waals surface area contributed by atoms with E-state index in [1.807, 2.05) is 31.2 Å². The minimum atomic E-state index is -1.42. The van der Waals surface area contributed by atoms with Crippen molar-refractivity contribution in [2.45, 2.75) is 51.2 Å². The van der Waals surface area contributed by atoms with Crippen LogP contribution in [0.3, 0.4) is 0 Å². The molecule has 5 amide bonds. The summed E-state index contributed by atoms with van der Waals surface area (Å²) in [6, 6.07) is 12.8. The van der Waals surface area contributed by atoms with Crippen LogP contribution in [-0.2, 0) is 32.9 Å². The van der Waals surface area contributed by atoms with E-state index in [1.165, 1.54) is 19.9 Å². The fraction of sp³-hybridized carbons (Fsp3) is 0.429. The van der Waals surface area contributed by atoms with Gasteiger partial charge in [-0.2, -0.15) is 0 Å². The number of nitrogens with one attached hydrogen (secondary N) is 2. The predicted molar refractivity (Wildman–Crippen MR) is 137 cm³/mol. The normalized spacial score (nSPS) is 20.1. The van der Waals surface area contributed by atoms with Gasteiger partial charge in [0, 0.05) is 37.8 Å². The van der Waals surface area contributed by atoms with Crippen molar-refractivity contribution >= 4 is 29.6 Å². The Morgan fingerprint density at radius 3 is 2.68 bits per heavy atom. The lowest BCUT2D eigenvalue weighted by molar-refractivity contribution is -0.142. The molecule has 5 rings (SSSR count). The van der Waals surface area contributed by atoms with Gasteiger partial charge in [-0.05, 0) is 54.5 Å². The van der Waals surface area contributed by atoms with Gasteiger partial charge >= 0.3 is 12.1 Å². The summed E-state index contributed by atoms with van der Waals surface area (Å²) in [5.41, 5.74) is 2.73. The SMILES string of the molecule is CNC(=O)Nc1ccc2c(c1)CCC21OC(=O)N(CC(=O)N(CCC2CC2)Cc2ccccc2C)C1=O. The van der Waals surface area contributed by atoms with Crippen LogP contribution in [0.4, 0.5) is 15.3 Å². The number of hydrogen-bond donors (Lipinski definition) is 2. The Hall–Kier alpha value is -3.88. The van der Waals surface area contributed by atoms with Gasteiger partial charge in [0.05, 0.1) is 0 Å². The Morgan fingerprint density at radius 2 is 1.95 bits per heavy atom. The zero-order chi connectivity index (χ0) is 26.2.